The highest BCUT2D eigenvalue weighted by molar-refractivity contribution is 7.99. The number of carbonyl (C=O) groups is 1. The summed E-state index contributed by atoms with van der Waals surface area (Å²) in [4.78, 5) is 28.8. The number of hydrogen-bond donors (Lipinski definition) is 1. The van der Waals surface area contributed by atoms with Gasteiger partial charge in [-0.05, 0) is 31.4 Å². The fourth-order valence-electron chi connectivity index (χ4n) is 3.27. The quantitative estimate of drug-likeness (QED) is 0.834. The minimum Gasteiger partial charge on any atom is -0.353 e. The fourth-order valence-corrected chi connectivity index (χ4v) is 4.00. The van der Waals surface area contributed by atoms with Crippen LogP contribution in [0, 0.1) is 6.92 Å². The van der Waals surface area contributed by atoms with Crippen molar-refractivity contribution in [3.63, 3.8) is 0 Å². The average molecular weight is 359 g/mol. The van der Waals surface area contributed by atoms with E-state index in [1.807, 2.05) is 19.1 Å². The third kappa shape index (κ3) is 5.08. The normalized spacial score (nSPS) is 15.9. The Kier molecular flexibility index (Phi) is 6.13. The molecule has 2 aromatic heterocycles. The second-order valence-corrected chi connectivity index (χ2v) is 7.75. The largest absolute Gasteiger partial charge is 0.353 e. The minimum atomic E-state index is -0.0767. The Morgan fingerprint density at radius 2 is 2.04 bits per heavy atom. The number of pyridine rings is 1. The molecular weight excluding hydrogens is 334 g/mol. The number of aromatic nitrogens is 2. The molecule has 0 unspecified atom stereocenters. The number of hydrogen-bond acceptors (Lipinski definition) is 4. The first-order valence-corrected chi connectivity index (χ1v) is 10.1. The number of rotatable bonds is 5. The number of thioether (sulfide) groups is 1. The van der Waals surface area contributed by atoms with Gasteiger partial charge >= 0.3 is 0 Å². The lowest BCUT2D eigenvalue weighted by atomic mass is 10.1. The molecule has 2 heterocycles. The maximum Gasteiger partial charge on any atom is 0.258 e. The van der Waals surface area contributed by atoms with Crippen molar-refractivity contribution in [2.75, 3.05) is 5.75 Å². The lowest BCUT2D eigenvalue weighted by Crippen LogP contribution is -2.35. The van der Waals surface area contributed by atoms with E-state index in [1.165, 1.54) is 37.4 Å². The van der Waals surface area contributed by atoms with Crippen LogP contribution >= 0.6 is 11.8 Å². The molecule has 0 saturated heterocycles. The van der Waals surface area contributed by atoms with Crippen molar-refractivity contribution < 1.29 is 4.79 Å². The van der Waals surface area contributed by atoms with E-state index in [2.05, 4.69) is 10.3 Å². The highest BCUT2D eigenvalue weighted by Crippen LogP contribution is 2.17. The fraction of sp³-hybridized carbons (Fsp3) is 0.526. The van der Waals surface area contributed by atoms with E-state index in [9.17, 15) is 9.59 Å². The summed E-state index contributed by atoms with van der Waals surface area (Å²) in [5.74, 6) is 1.06. The zero-order chi connectivity index (χ0) is 17.6. The predicted molar refractivity (Wildman–Crippen MR) is 102 cm³/mol. The van der Waals surface area contributed by atoms with Gasteiger partial charge in [0.15, 0.2) is 0 Å². The minimum absolute atomic E-state index is 0.0767. The standard InChI is InChI=1S/C19H25N3O2S/c1-14-8-9-17-20-16(10-19(24)22(17)11-14)12-25-13-18(23)21-15-6-4-2-3-5-7-15/h8-11,15H,2-7,12-13H2,1H3,(H,21,23). The van der Waals surface area contributed by atoms with Crippen LogP contribution in [-0.4, -0.2) is 27.1 Å². The second kappa shape index (κ2) is 8.52. The van der Waals surface area contributed by atoms with E-state index < -0.39 is 0 Å². The predicted octanol–water partition coefficient (Wildman–Crippen LogP) is 3.08. The monoisotopic (exact) mass is 359 g/mol. The van der Waals surface area contributed by atoms with Gasteiger partial charge in [-0.25, -0.2) is 4.98 Å². The molecule has 2 aromatic rings. The molecule has 1 amide bonds. The molecule has 3 rings (SSSR count). The molecule has 1 fully saturated rings. The highest BCUT2D eigenvalue weighted by atomic mass is 32.2. The lowest BCUT2D eigenvalue weighted by molar-refractivity contribution is -0.119. The van der Waals surface area contributed by atoms with E-state index in [4.69, 9.17) is 0 Å². The summed E-state index contributed by atoms with van der Waals surface area (Å²) in [6.45, 7) is 1.95. The van der Waals surface area contributed by atoms with Crippen molar-refractivity contribution in [1.82, 2.24) is 14.7 Å². The summed E-state index contributed by atoms with van der Waals surface area (Å²) in [7, 11) is 0. The Labute approximate surface area is 152 Å². The topological polar surface area (TPSA) is 63.5 Å². The molecule has 0 spiro atoms. The van der Waals surface area contributed by atoms with Gasteiger partial charge in [-0.15, -0.1) is 11.8 Å². The van der Waals surface area contributed by atoms with Crippen LogP contribution in [0.2, 0.25) is 0 Å². The first-order valence-electron chi connectivity index (χ1n) is 8.98. The zero-order valence-corrected chi connectivity index (χ0v) is 15.5. The second-order valence-electron chi connectivity index (χ2n) is 6.77. The van der Waals surface area contributed by atoms with Gasteiger partial charge in [0.1, 0.15) is 5.65 Å². The molecule has 25 heavy (non-hydrogen) atoms. The average Bonchev–Trinajstić information content (AvgIpc) is 2.84. The van der Waals surface area contributed by atoms with Crippen molar-refractivity contribution in [1.29, 1.82) is 0 Å². The molecule has 0 radical (unpaired) electrons. The van der Waals surface area contributed by atoms with Crippen molar-refractivity contribution in [3.05, 3.63) is 46.0 Å². The molecule has 1 aliphatic rings. The van der Waals surface area contributed by atoms with E-state index >= 15 is 0 Å². The van der Waals surface area contributed by atoms with E-state index in [0.29, 0.717) is 23.2 Å². The third-order valence-corrected chi connectivity index (χ3v) is 5.53. The van der Waals surface area contributed by atoms with Crippen LogP contribution in [0.25, 0.3) is 5.65 Å². The maximum absolute atomic E-state index is 12.2. The molecule has 134 valence electrons. The number of amides is 1. The first kappa shape index (κ1) is 18.0. The number of nitrogens with one attached hydrogen (secondary N) is 1. The Balaban J connectivity index is 1.53. The molecule has 5 nitrogen and oxygen atoms in total. The Bertz CT molecular complexity index is 795. The summed E-state index contributed by atoms with van der Waals surface area (Å²) >= 11 is 1.51. The van der Waals surface area contributed by atoms with Crippen LogP contribution in [0.15, 0.2) is 29.2 Å². The Morgan fingerprint density at radius 1 is 1.28 bits per heavy atom. The van der Waals surface area contributed by atoms with Crippen molar-refractivity contribution >= 4 is 23.3 Å². The van der Waals surface area contributed by atoms with Crippen LogP contribution in [0.1, 0.15) is 49.8 Å². The lowest BCUT2D eigenvalue weighted by Gasteiger charge is -2.15. The van der Waals surface area contributed by atoms with E-state index in [0.717, 1.165) is 24.1 Å². The molecule has 1 saturated carbocycles. The zero-order valence-electron chi connectivity index (χ0n) is 14.7. The van der Waals surface area contributed by atoms with Gasteiger partial charge < -0.3 is 5.32 Å². The number of carbonyl (C=O) groups excluding carboxylic acids is 1. The summed E-state index contributed by atoms with van der Waals surface area (Å²) in [6, 6.07) is 5.69. The SMILES string of the molecule is Cc1ccc2nc(CSCC(=O)NC3CCCCCC3)cc(=O)n2c1. The molecule has 0 aromatic carbocycles. The van der Waals surface area contributed by atoms with Crippen LogP contribution in [-0.2, 0) is 10.5 Å². The van der Waals surface area contributed by atoms with Crippen molar-refractivity contribution in [3.8, 4) is 0 Å². The molecular formula is C19H25N3O2S. The molecule has 0 aliphatic heterocycles. The molecule has 0 atom stereocenters. The Hall–Kier alpha value is -1.82. The molecule has 6 heteroatoms. The molecule has 0 bridgehead atoms. The smallest absolute Gasteiger partial charge is 0.258 e. The van der Waals surface area contributed by atoms with Crippen LogP contribution in [0.3, 0.4) is 0 Å². The summed E-state index contributed by atoms with van der Waals surface area (Å²) in [5, 5.41) is 3.15. The number of nitrogens with zero attached hydrogens (tertiary/aromatic N) is 2. The van der Waals surface area contributed by atoms with Crippen molar-refractivity contribution in [2.45, 2.75) is 57.2 Å². The summed E-state index contributed by atoms with van der Waals surface area (Å²) < 4.78 is 1.56. The van der Waals surface area contributed by atoms with Crippen molar-refractivity contribution in [2.24, 2.45) is 0 Å². The first-order chi connectivity index (χ1) is 12.1. The van der Waals surface area contributed by atoms with Crippen LogP contribution in [0.4, 0.5) is 0 Å². The van der Waals surface area contributed by atoms with E-state index in [1.54, 1.807) is 16.7 Å². The van der Waals surface area contributed by atoms with Gasteiger partial charge in [-0.2, -0.15) is 0 Å². The summed E-state index contributed by atoms with van der Waals surface area (Å²) in [6.07, 6.45) is 8.97. The highest BCUT2D eigenvalue weighted by Gasteiger charge is 2.14. The van der Waals surface area contributed by atoms with Gasteiger partial charge in [0, 0.05) is 24.1 Å². The van der Waals surface area contributed by atoms with Gasteiger partial charge in [-0.3, -0.25) is 14.0 Å². The van der Waals surface area contributed by atoms with E-state index in [-0.39, 0.29) is 11.5 Å². The van der Waals surface area contributed by atoms with Crippen LogP contribution < -0.4 is 10.9 Å². The Morgan fingerprint density at radius 3 is 2.80 bits per heavy atom. The van der Waals surface area contributed by atoms with Gasteiger partial charge in [-0.1, -0.05) is 31.7 Å². The van der Waals surface area contributed by atoms with Crippen LogP contribution in [0.5, 0.6) is 0 Å². The maximum atomic E-state index is 12.2. The van der Waals surface area contributed by atoms with Gasteiger partial charge in [0.05, 0.1) is 11.4 Å². The van der Waals surface area contributed by atoms with Gasteiger partial charge in [0.2, 0.25) is 5.91 Å². The number of fused-ring (bicyclic) bond motifs is 1. The van der Waals surface area contributed by atoms with Gasteiger partial charge in [0.25, 0.3) is 5.56 Å². The third-order valence-electron chi connectivity index (χ3n) is 4.56. The number of aryl methyl sites for hydroxylation is 1. The summed E-state index contributed by atoms with van der Waals surface area (Å²) in [5.41, 5.74) is 2.32. The molecule has 1 aliphatic carbocycles. The molecule has 1 N–H and O–H groups in total.